The third-order valence-electron chi connectivity index (χ3n) is 1.03. The van der Waals surface area contributed by atoms with E-state index in [4.69, 9.17) is 15.7 Å². The van der Waals surface area contributed by atoms with E-state index in [0.717, 1.165) is 0 Å². The molecule has 0 fully saturated rings. The Morgan fingerprint density at radius 3 is 1.80 bits per heavy atom. The van der Waals surface area contributed by atoms with Crippen LogP contribution in [0.5, 0.6) is 0 Å². The maximum atomic E-state index is 9.07. The Bertz CT molecular complexity index is 167. The monoisotopic (exact) mass is 144 g/mol. The van der Waals surface area contributed by atoms with Crippen LogP contribution < -0.4 is 0 Å². The molecular weight excluding hydrogens is 132 g/mol. The molecule has 0 aromatic heterocycles. The van der Waals surface area contributed by atoms with E-state index in [0.29, 0.717) is 0 Å². The summed E-state index contributed by atoms with van der Waals surface area (Å²) in [7, 11) is 0. The van der Waals surface area contributed by atoms with E-state index in [-0.39, 0.29) is 5.76 Å². The van der Waals surface area contributed by atoms with Crippen molar-refractivity contribution in [3.05, 3.63) is 11.6 Å². The summed E-state index contributed by atoms with van der Waals surface area (Å²) in [6, 6.07) is 0. The molecule has 0 bridgehead atoms. The molecule has 0 heterocycles. The predicted molar refractivity (Wildman–Crippen MR) is 36.9 cm³/mol. The zero-order valence-electron chi connectivity index (χ0n) is 6.34. The van der Waals surface area contributed by atoms with E-state index in [1.54, 1.807) is 20.8 Å². The van der Waals surface area contributed by atoms with Crippen molar-refractivity contribution >= 4 is 0 Å². The van der Waals surface area contributed by atoms with Gasteiger partial charge in [-0.1, -0.05) is 20.8 Å². The van der Waals surface area contributed by atoms with E-state index in [1.165, 1.54) is 0 Å². The number of aliphatic hydroxyl groups excluding tert-OH is 2. The fourth-order valence-corrected chi connectivity index (χ4v) is 0.388. The van der Waals surface area contributed by atoms with Gasteiger partial charge in [-0.2, -0.15) is 0 Å². The molecule has 0 rings (SSSR count). The molecule has 0 aromatic rings. The molecule has 58 valence electrons. The summed E-state index contributed by atoms with van der Waals surface area (Å²) >= 11 is 0. The molecule has 0 aromatic carbocycles. The summed E-state index contributed by atoms with van der Waals surface area (Å²) in [4.78, 5) is 0. The molecule has 0 aliphatic heterocycles. The predicted octanol–water partition coefficient (Wildman–Crippen LogP) is 2.35. The first-order valence-electron chi connectivity index (χ1n) is 2.89. The number of nitrogens with one attached hydrogen (secondary N) is 1. The molecule has 0 radical (unpaired) electrons. The first-order valence-corrected chi connectivity index (χ1v) is 2.89. The molecule has 4 nitrogen and oxygen atoms in total. The fraction of sp³-hybridized carbons (Fsp3) is 0.667. The number of allylic oxidation sites excluding steroid dienone is 1. The zero-order valence-corrected chi connectivity index (χ0v) is 6.34. The largest absolute Gasteiger partial charge is 0.506 e. The van der Waals surface area contributed by atoms with Crippen LogP contribution in [0.1, 0.15) is 20.8 Å². The first kappa shape index (κ1) is 8.94. The number of hydrogen-bond acceptors (Lipinski definition) is 4. The molecule has 0 aliphatic rings. The number of hydrogen-bond donors (Lipinski definition) is 3. The molecule has 3 N–H and O–H groups in total. The normalized spacial score (nSPS) is 14.3. The molecule has 0 saturated carbocycles. The Hall–Kier alpha value is -1.06. The van der Waals surface area contributed by atoms with Crippen molar-refractivity contribution in [3.63, 3.8) is 0 Å². The lowest BCUT2D eigenvalue weighted by Gasteiger charge is -2.16. The molecule has 0 unspecified atom stereocenters. The van der Waals surface area contributed by atoms with Crippen LogP contribution in [-0.2, 0) is 0 Å². The summed E-state index contributed by atoms with van der Waals surface area (Å²) in [5, 5.41) is 20.5. The second kappa shape index (κ2) is 2.68. The van der Waals surface area contributed by atoms with E-state index in [9.17, 15) is 0 Å². The van der Waals surface area contributed by atoms with Crippen molar-refractivity contribution in [2.24, 2.45) is 10.5 Å². The standard InChI is InChI=1S/C6H12N2O2/c1-6(2,3)4(9)5(10)8-7/h7,9-10H,1-3H3/b5-4+,8-7?. The Kier molecular flexibility index (Phi) is 2.40. The van der Waals surface area contributed by atoms with Crippen LogP contribution in [0.25, 0.3) is 0 Å². The van der Waals surface area contributed by atoms with Crippen LogP contribution in [0.3, 0.4) is 0 Å². The van der Waals surface area contributed by atoms with E-state index in [1.807, 2.05) is 0 Å². The van der Waals surface area contributed by atoms with Gasteiger partial charge < -0.3 is 10.2 Å². The molecule has 0 saturated heterocycles. The van der Waals surface area contributed by atoms with Gasteiger partial charge in [0.2, 0.25) is 0 Å². The Morgan fingerprint density at radius 1 is 1.30 bits per heavy atom. The Morgan fingerprint density at radius 2 is 1.70 bits per heavy atom. The third kappa shape index (κ3) is 2.05. The molecule has 10 heavy (non-hydrogen) atoms. The lowest BCUT2D eigenvalue weighted by molar-refractivity contribution is 0.230. The van der Waals surface area contributed by atoms with E-state index in [2.05, 4.69) is 5.11 Å². The topological polar surface area (TPSA) is 76.7 Å². The molecule has 4 heteroatoms. The average Bonchev–Trinajstić information content (AvgIpc) is 1.83. The highest BCUT2D eigenvalue weighted by atomic mass is 16.3. The average molecular weight is 144 g/mol. The maximum absolute atomic E-state index is 9.07. The Labute approximate surface area is 59.7 Å². The van der Waals surface area contributed by atoms with Crippen molar-refractivity contribution in [2.45, 2.75) is 20.8 Å². The van der Waals surface area contributed by atoms with Crippen LogP contribution >= 0.6 is 0 Å². The highest BCUT2D eigenvalue weighted by Crippen LogP contribution is 2.24. The Balaban J connectivity index is 4.63. The highest BCUT2D eigenvalue weighted by Gasteiger charge is 2.20. The quantitative estimate of drug-likeness (QED) is 0.390. The minimum absolute atomic E-state index is 0.262. The van der Waals surface area contributed by atoms with Gasteiger partial charge in [0.25, 0.3) is 5.88 Å². The third-order valence-corrected chi connectivity index (χ3v) is 1.03. The van der Waals surface area contributed by atoms with Crippen molar-refractivity contribution < 1.29 is 10.2 Å². The van der Waals surface area contributed by atoms with Gasteiger partial charge in [-0.05, 0) is 0 Å². The van der Waals surface area contributed by atoms with Gasteiger partial charge >= 0.3 is 0 Å². The SMILES string of the molecule is CC(C)(C)/C(O)=C(\O)N=N. The van der Waals surface area contributed by atoms with Crippen LogP contribution in [0.15, 0.2) is 16.8 Å². The summed E-state index contributed by atoms with van der Waals surface area (Å²) in [6.45, 7) is 5.14. The number of aliphatic hydroxyl groups is 2. The second-order valence-electron chi connectivity index (χ2n) is 3.03. The minimum Gasteiger partial charge on any atom is -0.506 e. The van der Waals surface area contributed by atoms with Gasteiger partial charge in [-0.3, -0.25) is 0 Å². The van der Waals surface area contributed by atoms with Crippen LogP contribution in [0, 0.1) is 10.9 Å². The second-order valence-corrected chi connectivity index (χ2v) is 3.03. The van der Waals surface area contributed by atoms with Gasteiger partial charge in [0.1, 0.15) is 0 Å². The van der Waals surface area contributed by atoms with Crippen LogP contribution in [0.4, 0.5) is 0 Å². The van der Waals surface area contributed by atoms with Gasteiger partial charge in [-0.25, -0.2) is 5.53 Å². The molecule has 0 amide bonds. The van der Waals surface area contributed by atoms with Crippen molar-refractivity contribution in [1.29, 1.82) is 5.53 Å². The van der Waals surface area contributed by atoms with Crippen LogP contribution in [-0.4, -0.2) is 10.2 Å². The van der Waals surface area contributed by atoms with E-state index >= 15 is 0 Å². The molecule has 0 atom stereocenters. The van der Waals surface area contributed by atoms with Gasteiger partial charge in [0, 0.05) is 5.41 Å². The summed E-state index contributed by atoms with van der Waals surface area (Å²) in [5.74, 6) is -0.880. The molecular formula is C6H12N2O2. The smallest absolute Gasteiger partial charge is 0.269 e. The van der Waals surface area contributed by atoms with Crippen LogP contribution in [0.2, 0.25) is 0 Å². The number of nitrogens with zero attached hydrogens (tertiary/aromatic N) is 1. The first-order chi connectivity index (χ1) is 4.39. The van der Waals surface area contributed by atoms with Crippen molar-refractivity contribution in [2.75, 3.05) is 0 Å². The van der Waals surface area contributed by atoms with Gasteiger partial charge in [0.05, 0.1) is 0 Å². The summed E-state index contributed by atoms with van der Waals surface area (Å²) in [6.07, 6.45) is 0. The zero-order chi connectivity index (χ0) is 8.36. The highest BCUT2D eigenvalue weighted by molar-refractivity contribution is 5.04. The molecule has 0 spiro atoms. The summed E-state index contributed by atoms with van der Waals surface area (Å²) in [5.41, 5.74) is 5.83. The van der Waals surface area contributed by atoms with Gasteiger partial charge in [-0.15, -0.1) is 5.11 Å². The lowest BCUT2D eigenvalue weighted by atomic mass is 9.94. The maximum Gasteiger partial charge on any atom is 0.269 e. The lowest BCUT2D eigenvalue weighted by Crippen LogP contribution is -2.10. The molecule has 0 aliphatic carbocycles. The number of rotatable bonds is 1. The van der Waals surface area contributed by atoms with Gasteiger partial charge in [0.15, 0.2) is 5.76 Å². The van der Waals surface area contributed by atoms with Crippen molar-refractivity contribution in [1.82, 2.24) is 0 Å². The minimum atomic E-state index is -0.618. The fourth-order valence-electron chi connectivity index (χ4n) is 0.388. The summed E-state index contributed by atoms with van der Waals surface area (Å²) < 4.78 is 0. The van der Waals surface area contributed by atoms with E-state index < -0.39 is 11.3 Å². The van der Waals surface area contributed by atoms with Crippen molar-refractivity contribution in [3.8, 4) is 0 Å².